The molecule has 1 N–H and O–H groups in total. The number of amides is 2. The van der Waals surface area contributed by atoms with Gasteiger partial charge in [-0.3, -0.25) is 9.59 Å². The molecule has 2 aromatic heterocycles. The van der Waals surface area contributed by atoms with Crippen LogP contribution >= 0.6 is 23.1 Å². The minimum atomic E-state index is -0.0848. The van der Waals surface area contributed by atoms with E-state index in [9.17, 15) is 9.59 Å². The van der Waals surface area contributed by atoms with Gasteiger partial charge in [0.05, 0.1) is 10.4 Å². The fourth-order valence-corrected chi connectivity index (χ4v) is 6.10. The Kier molecular flexibility index (Phi) is 7.87. The molecule has 7 nitrogen and oxygen atoms in total. The van der Waals surface area contributed by atoms with E-state index in [1.807, 2.05) is 49.2 Å². The van der Waals surface area contributed by atoms with Crippen molar-refractivity contribution in [3.05, 3.63) is 72.1 Å². The number of carbonyl (C=O) groups excluding carboxylic acids is 2. The number of thiazole rings is 1. The maximum absolute atomic E-state index is 13.6. The molecule has 1 aliphatic rings. The van der Waals surface area contributed by atoms with Crippen LogP contribution < -0.4 is 5.32 Å². The zero-order valence-corrected chi connectivity index (χ0v) is 21.8. The van der Waals surface area contributed by atoms with Gasteiger partial charge >= 0.3 is 0 Å². The molecule has 1 atom stereocenters. The summed E-state index contributed by atoms with van der Waals surface area (Å²) in [5, 5.41) is 3.99. The lowest BCUT2D eigenvalue weighted by molar-refractivity contribution is -0.127. The van der Waals surface area contributed by atoms with Gasteiger partial charge in [0.2, 0.25) is 5.91 Å². The van der Waals surface area contributed by atoms with Crippen LogP contribution in [0.2, 0.25) is 0 Å². The molecule has 0 radical (unpaired) electrons. The highest BCUT2D eigenvalue weighted by atomic mass is 32.2. The monoisotopic (exact) mass is 507 g/mol. The second kappa shape index (κ2) is 11.0. The van der Waals surface area contributed by atoms with E-state index in [4.69, 9.17) is 0 Å². The second-order valence-corrected chi connectivity index (χ2v) is 10.9. The Morgan fingerprint density at radius 1 is 1.20 bits per heavy atom. The van der Waals surface area contributed by atoms with Crippen LogP contribution in [0, 0.1) is 13.8 Å². The molecule has 0 unspecified atom stereocenters. The molecule has 1 fully saturated rings. The fourth-order valence-electron chi connectivity index (χ4n) is 4.15. The molecule has 3 aromatic rings. The van der Waals surface area contributed by atoms with Crippen molar-refractivity contribution >= 4 is 45.9 Å². The highest BCUT2D eigenvalue weighted by Crippen LogP contribution is 2.37. The first kappa shape index (κ1) is 24.9. The van der Waals surface area contributed by atoms with E-state index in [1.165, 1.54) is 6.08 Å². The summed E-state index contributed by atoms with van der Waals surface area (Å²) in [5.74, 6) is 0.669. The number of carbonyl (C=O) groups is 2. The molecule has 1 saturated heterocycles. The van der Waals surface area contributed by atoms with E-state index in [-0.39, 0.29) is 17.9 Å². The zero-order chi connectivity index (χ0) is 24.9. The smallest absolute Gasteiger partial charge is 0.254 e. The van der Waals surface area contributed by atoms with Crippen molar-refractivity contribution in [3.63, 3.8) is 0 Å². The maximum atomic E-state index is 13.6. The van der Waals surface area contributed by atoms with Crippen molar-refractivity contribution in [3.8, 4) is 0 Å². The molecule has 1 aromatic carbocycles. The first-order valence-corrected chi connectivity index (χ1v) is 13.1. The molecule has 35 heavy (non-hydrogen) atoms. The molecular formula is C26H29N5O2S2. The second-order valence-electron chi connectivity index (χ2n) is 8.55. The number of hydrogen-bond acceptors (Lipinski definition) is 7. The number of aryl methyl sites for hydroxylation is 2. The van der Waals surface area contributed by atoms with E-state index >= 15 is 0 Å². The van der Waals surface area contributed by atoms with Crippen molar-refractivity contribution < 1.29 is 9.59 Å². The standard InChI is InChI=1S/C26H29N5O2S2/c1-5-23(32)31-12-8-11-30(16-19(31)4)25(33)20-14-21(18(3)13-17(20)2)34-24-15-28-26(35-24)29-22-9-6-7-10-27-22/h5-7,9-10,13-15,19H,1,8,11-12,16H2,2-4H3,(H,27,28,29)/t19-/m1/s1. The molecule has 0 spiro atoms. The lowest BCUT2D eigenvalue weighted by Gasteiger charge is -2.28. The largest absolute Gasteiger partial charge is 0.337 e. The van der Waals surface area contributed by atoms with Gasteiger partial charge in [0.25, 0.3) is 5.91 Å². The Labute approximate surface area is 214 Å². The average Bonchev–Trinajstić information content (AvgIpc) is 3.19. The summed E-state index contributed by atoms with van der Waals surface area (Å²) in [7, 11) is 0. The lowest BCUT2D eigenvalue weighted by Crippen LogP contribution is -2.43. The van der Waals surface area contributed by atoms with Crippen LogP contribution in [0.15, 0.2) is 64.5 Å². The van der Waals surface area contributed by atoms with Gasteiger partial charge in [0, 0.05) is 42.3 Å². The van der Waals surface area contributed by atoms with Crippen LogP contribution in [0.5, 0.6) is 0 Å². The summed E-state index contributed by atoms with van der Waals surface area (Å²) in [4.78, 5) is 39.2. The van der Waals surface area contributed by atoms with E-state index in [0.29, 0.717) is 25.2 Å². The van der Waals surface area contributed by atoms with Crippen molar-refractivity contribution in [2.75, 3.05) is 25.0 Å². The molecule has 2 amide bonds. The Morgan fingerprint density at radius 3 is 2.77 bits per heavy atom. The fraction of sp³-hybridized carbons (Fsp3) is 0.308. The Hall–Kier alpha value is -3.17. The number of aromatic nitrogens is 2. The van der Waals surface area contributed by atoms with Crippen LogP contribution in [-0.2, 0) is 4.79 Å². The van der Waals surface area contributed by atoms with E-state index in [2.05, 4.69) is 34.9 Å². The Bertz CT molecular complexity index is 1230. The van der Waals surface area contributed by atoms with Gasteiger partial charge in [-0.2, -0.15) is 0 Å². The molecule has 3 heterocycles. The van der Waals surface area contributed by atoms with E-state index < -0.39 is 0 Å². The Balaban J connectivity index is 1.51. The summed E-state index contributed by atoms with van der Waals surface area (Å²) >= 11 is 3.15. The van der Waals surface area contributed by atoms with E-state index in [0.717, 1.165) is 37.6 Å². The SMILES string of the molecule is C=CC(=O)N1CCCN(C(=O)c2cc(Sc3cnc(Nc4ccccn4)s3)c(C)cc2C)C[C@H]1C. The van der Waals surface area contributed by atoms with Crippen molar-refractivity contribution in [1.29, 1.82) is 0 Å². The molecule has 0 bridgehead atoms. The predicted octanol–water partition coefficient (Wildman–Crippen LogP) is 5.30. The van der Waals surface area contributed by atoms with Gasteiger partial charge in [0.15, 0.2) is 5.13 Å². The van der Waals surface area contributed by atoms with Crippen LogP contribution in [0.1, 0.15) is 34.8 Å². The van der Waals surface area contributed by atoms with Gasteiger partial charge < -0.3 is 15.1 Å². The third-order valence-electron chi connectivity index (χ3n) is 5.94. The number of nitrogens with zero attached hydrogens (tertiary/aromatic N) is 4. The molecule has 9 heteroatoms. The molecule has 182 valence electrons. The Morgan fingerprint density at radius 2 is 2.03 bits per heavy atom. The topological polar surface area (TPSA) is 78.4 Å². The quantitative estimate of drug-likeness (QED) is 0.456. The molecular weight excluding hydrogens is 478 g/mol. The molecule has 1 aliphatic heterocycles. The number of rotatable bonds is 6. The third kappa shape index (κ3) is 5.91. The number of nitrogens with one attached hydrogen (secondary N) is 1. The number of anilines is 2. The summed E-state index contributed by atoms with van der Waals surface area (Å²) in [6.07, 6.45) is 5.66. The van der Waals surface area contributed by atoms with Crippen molar-refractivity contribution in [2.24, 2.45) is 0 Å². The van der Waals surface area contributed by atoms with Crippen LogP contribution in [0.25, 0.3) is 0 Å². The van der Waals surface area contributed by atoms with Crippen molar-refractivity contribution in [1.82, 2.24) is 19.8 Å². The first-order chi connectivity index (χ1) is 16.9. The van der Waals surface area contributed by atoms with Gasteiger partial charge in [-0.15, -0.1) is 0 Å². The highest BCUT2D eigenvalue weighted by Gasteiger charge is 2.28. The normalized spacial score (nSPS) is 16.0. The molecule has 0 aliphatic carbocycles. The number of pyridine rings is 1. The van der Waals surface area contributed by atoms with Crippen LogP contribution in [-0.4, -0.2) is 57.3 Å². The highest BCUT2D eigenvalue weighted by molar-refractivity contribution is 8.01. The summed E-state index contributed by atoms with van der Waals surface area (Å²) in [6, 6.07) is 9.69. The molecule has 4 rings (SSSR count). The van der Waals surface area contributed by atoms with Crippen LogP contribution in [0.4, 0.5) is 10.9 Å². The van der Waals surface area contributed by atoms with Crippen LogP contribution in [0.3, 0.4) is 0 Å². The zero-order valence-electron chi connectivity index (χ0n) is 20.2. The number of benzene rings is 1. The maximum Gasteiger partial charge on any atom is 0.254 e. The summed E-state index contributed by atoms with van der Waals surface area (Å²) in [6.45, 7) is 11.4. The predicted molar refractivity (Wildman–Crippen MR) is 142 cm³/mol. The van der Waals surface area contributed by atoms with Gasteiger partial charge in [-0.1, -0.05) is 41.8 Å². The van der Waals surface area contributed by atoms with Crippen molar-refractivity contribution in [2.45, 2.75) is 42.3 Å². The lowest BCUT2D eigenvalue weighted by atomic mass is 10.0. The first-order valence-electron chi connectivity index (χ1n) is 11.5. The summed E-state index contributed by atoms with van der Waals surface area (Å²) < 4.78 is 1.02. The average molecular weight is 508 g/mol. The molecule has 0 saturated carbocycles. The van der Waals surface area contributed by atoms with E-state index in [1.54, 1.807) is 34.2 Å². The van der Waals surface area contributed by atoms with Gasteiger partial charge in [0.1, 0.15) is 5.82 Å². The minimum absolute atomic E-state index is 0.00548. The summed E-state index contributed by atoms with van der Waals surface area (Å²) in [5.41, 5.74) is 2.77. The van der Waals surface area contributed by atoms with Gasteiger partial charge in [-0.25, -0.2) is 9.97 Å². The minimum Gasteiger partial charge on any atom is -0.337 e. The third-order valence-corrected chi connectivity index (χ3v) is 8.11. The van der Waals surface area contributed by atoms with Gasteiger partial charge in [-0.05, 0) is 62.6 Å². The number of hydrogen-bond donors (Lipinski definition) is 1.